The van der Waals surface area contributed by atoms with Crippen LogP contribution in [0.15, 0.2) is 0 Å². The molecule has 5 nitrogen and oxygen atoms in total. The summed E-state index contributed by atoms with van der Waals surface area (Å²) in [5.74, 6) is -0.966. The standard InChI is InChI=1S/C11H18N2O3S/c1-8-9(10(14)15)13-11(17-8)12-6-4-3-5-7-16-2/h3-7H2,1-2H3,(H,12,13)(H,14,15). The maximum Gasteiger partial charge on any atom is 0.355 e. The smallest absolute Gasteiger partial charge is 0.355 e. The Kier molecular flexibility index (Phi) is 5.93. The van der Waals surface area contributed by atoms with Gasteiger partial charge in [-0.05, 0) is 26.2 Å². The van der Waals surface area contributed by atoms with Crippen LogP contribution in [-0.4, -0.2) is 36.3 Å². The maximum absolute atomic E-state index is 10.8. The number of unbranched alkanes of at least 4 members (excludes halogenated alkanes) is 2. The number of aryl methyl sites for hydroxylation is 1. The lowest BCUT2D eigenvalue weighted by atomic mass is 10.2. The fraction of sp³-hybridized carbons (Fsp3) is 0.636. The van der Waals surface area contributed by atoms with Crippen molar-refractivity contribution in [3.8, 4) is 0 Å². The van der Waals surface area contributed by atoms with Crippen LogP contribution >= 0.6 is 11.3 Å². The first-order valence-corrected chi connectivity index (χ1v) is 6.40. The van der Waals surface area contributed by atoms with Crippen LogP contribution in [0.1, 0.15) is 34.6 Å². The number of nitrogens with one attached hydrogen (secondary N) is 1. The normalized spacial score (nSPS) is 10.5. The third kappa shape index (κ3) is 4.70. The largest absolute Gasteiger partial charge is 0.476 e. The molecule has 1 heterocycles. The molecule has 0 radical (unpaired) electrons. The summed E-state index contributed by atoms with van der Waals surface area (Å²) in [7, 11) is 1.70. The SMILES string of the molecule is COCCCCCNc1nc(C(=O)O)c(C)s1. The summed E-state index contributed by atoms with van der Waals surface area (Å²) in [6.07, 6.45) is 3.18. The first-order chi connectivity index (χ1) is 8.15. The number of anilines is 1. The lowest BCUT2D eigenvalue weighted by Crippen LogP contribution is -2.03. The second-order valence-corrected chi connectivity index (χ2v) is 4.91. The van der Waals surface area contributed by atoms with Crippen molar-refractivity contribution in [2.45, 2.75) is 26.2 Å². The number of carboxylic acid groups (broad SMARTS) is 1. The van der Waals surface area contributed by atoms with Crippen molar-refractivity contribution in [2.24, 2.45) is 0 Å². The Morgan fingerprint density at radius 3 is 2.82 bits per heavy atom. The zero-order valence-corrected chi connectivity index (χ0v) is 11.0. The number of carboxylic acids is 1. The number of hydrogen-bond acceptors (Lipinski definition) is 5. The number of methoxy groups -OCH3 is 1. The summed E-state index contributed by atoms with van der Waals surface area (Å²) < 4.78 is 4.96. The Morgan fingerprint density at radius 1 is 1.47 bits per heavy atom. The van der Waals surface area contributed by atoms with Gasteiger partial charge >= 0.3 is 5.97 Å². The van der Waals surface area contributed by atoms with E-state index in [2.05, 4.69) is 10.3 Å². The van der Waals surface area contributed by atoms with Gasteiger partial charge in [-0.25, -0.2) is 9.78 Å². The van der Waals surface area contributed by atoms with Gasteiger partial charge in [-0.3, -0.25) is 0 Å². The highest BCUT2D eigenvalue weighted by atomic mass is 32.1. The molecule has 0 saturated heterocycles. The van der Waals surface area contributed by atoms with Gasteiger partial charge in [0, 0.05) is 25.1 Å². The van der Waals surface area contributed by atoms with Gasteiger partial charge in [-0.1, -0.05) is 0 Å². The molecule has 17 heavy (non-hydrogen) atoms. The van der Waals surface area contributed by atoms with Gasteiger partial charge in [0.1, 0.15) is 0 Å². The van der Waals surface area contributed by atoms with Crippen LogP contribution in [-0.2, 0) is 4.74 Å². The van der Waals surface area contributed by atoms with Crippen LogP contribution in [0.4, 0.5) is 5.13 Å². The molecule has 0 unspecified atom stereocenters. The molecule has 96 valence electrons. The molecule has 0 atom stereocenters. The lowest BCUT2D eigenvalue weighted by Gasteiger charge is -2.02. The van der Waals surface area contributed by atoms with Crippen LogP contribution in [0.3, 0.4) is 0 Å². The summed E-state index contributed by atoms with van der Waals surface area (Å²) in [5, 5.41) is 12.7. The van der Waals surface area contributed by atoms with E-state index >= 15 is 0 Å². The van der Waals surface area contributed by atoms with Crippen LogP contribution in [0.2, 0.25) is 0 Å². The molecule has 1 rings (SSSR count). The quantitative estimate of drug-likeness (QED) is 0.700. The number of aromatic carboxylic acids is 1. The van der Waals surface area contributed by atoms with E-state index in [9.17, 15) is 4.79 Å². The summed E-state index contributed by atoms with van der Waals surface area (Å²) in [6, 6.07) is 0. The first kappa shape index (κ1) is 13.9. The van der Waals surface area contributed by atoms with E-state index in [0.717, 1.165) is 37.3 Å². The molecule has 0 saturated carbocycles. The van der Waals surface area contributed by atoms with Crippen molar-refractivity contribution >= 4 is 22.4 Å². The maximum atomic E-state index is 10.8. The molecule has 0 aliphatic rings. The number of hydrogen-bond donors (Lipinski definition) is 2. The van der Waals surface area contributed by atoms with Crippen molar-refractivity contribution in [3.05, 3.63) is 10.6 Å². The van der Waals surface area contributed by atoms with Crippen LogP contribution in [0, 0.1) is 6.92 Å². The summed E-state index contributed by atoms with van der Waals surface area (Å²) in [4.78, 5) is 15.5. The third-order valence-corrected chi connectivity index (χ3v) is 3.23. The van der Waals surface area contributed by atoms with E-state index in [1.165, 1.54) is 11.3 Å². The lowest BCUT2D eigenvalue weighted by molar-refractivity contribution is 0.0690. The van der Waals surface area contributed by atoms with Crippen LogP contribution < -0.4 is 5.32 Å². The van der Waals surface area contributed by atoms with Gasteiger partial charge in [0.2, 0.25) is 0 Å². The van der Waals surface area contributed by atoms with Gasteiger partial charge in [0.15, 0.2) is 10.8 Å². The molecule has 0 aromatic carbocycles. The minimum absolute atomic E-state index is 0.150. The van der Waals surface area contributed by atoms with Gasteiger partial charge in [-0.15, -0.1) is 11.3 Å². The monoisotopic (exact) mass is 258 g/mol. The highest BCUT2D eigenvalue weighted by molar-refractivity contribution is 7.15. The Morgan fingerprint density at radius 2 is 2.24 bits per heavy atom. The number of rotatable bonds is 8. The molecule has 1 aromatic heterocycles. The molecule has 0 aliphatic carbocycles. The van der Waals surface area contributed by atoms with Crippen LogP contribution in [0.5, 0.6) is 0 Å². The average molecular weight is 258 g/mol. The summed E-state index contributed by atoms with van der Waals surface area (Å²) >= 11 is 1.38. The van der Waals surface area contributed by atoms with Gasteiger partial charge in [0.25, 0.3) is 0 Å². The number of aromatic nitrogens is 1. The molecular formula is C11H18N2O3S. The molecular weight excluding hydrogens is 240 g/mol. The topological polar surface area (TPSA) is 71.5 Å². The Bertz CT molecular complexity index is 366. The van der Waals surface area contributed by atoms with E-state index in [0.29, 0.717) is 5.13 Å². The van der Waals surface area contributed by atoms with Crippen LogP contribution in [0.25, 0.3) is 0 Å². The van der Waals surface area contributed by atoms with Gasteiger partial charge in [-0.2, -0.15) is 0 Å². The highest BCUT2D eigenvalue weighted by Gasteiger charge is 2.13. The van der Waals surface area contributed by atoms with Gasteiger partial charge in [0.05, 0.1) is 0 Å². The molecule has 1 aromatic rings. The molecule has 0 bridgehead atoms. The Balaban J connectivity index is 2.27. The second-order valence-electron chi connectivity index (χ2n) is 3.71. The minimum Gasteiger partial charge on any atom is -0.476 e. The summed E-state index contributed by atoms with van der Waals surface area (Å²) in [6.45, 7) is 3.38. The van der Waals surface area contributed by atoms with E-state index in [1.54, 1.807) is 14.0 Å². The first-order valence-electron chi connectivity index (χ1n) is 5.58. The zero-order valence-electron chi connectivity index (χ0n) is 10.2. The molecule has 0 spiro atoms. The van der Waals surface area contributed by atoms with Crippen molar-refractivity contribution in [3.63, 3.8) is 0 Å². The molecule has 0 fully saturated rings. The predicted octanol–water partition coefficient (Wildman–Crippen LogP) is 2.38. The molecule has 0 aliphatic heterocycles. The number of nitrogens with zero attached hydrogens (tertiary/aromatic N) is 1. The number of ether oxygens (including phenoxy) is 1. The summed E-state index contributed by atoms with van der Waals surface area (Å²) in [5.41, 5.74) is 0.150. The van der Waals surface area contributed by atoms with Crippen molar-refractivity contribution < 1.29 is 14.6 Å². The fourth-order valence-corrected chi connectivity index (χ4v) is 2.24. The Hall–Kier alpha value is -1.14. The van der Waals surface area contributed by atoms with E-state index < -0.39 is 5.97 Å². The average Bonchev–Trinajstić information content (AvgIpc) is 2.65. The molecule has 2 N–H and O–H groups in total. The molecule has 6 heteroatoms. The third-order valence-electron chi connectivity index (χ3n) is 2.30. The number of carbonyl (C=O) groups is 1. The van der Waals surface area contributed by atoms with Crippen molar-refractivity contribution in [1.82, 2.24) is 4.98 Å². The minimum atomic E-state index is -0.966. The highest BCUT2D eigenvalue weighted by Crippen LogP contribution is 2.21. The molecule has 0 amide bonds. The van der Waals surface area contributed by atoms with Crippen molar-refractivity contribution in [1.29, 1.82) is 0 Å². The van der Waals surface area contributed by atoms with Gasteiger partial charge < -0.3 is 15.2 Å². The van der Waals surface area contributed by atoms with E-state index in [1.807, 2.05) is 0 Å². The van der Waals surface area contributed by atoms with Crippen molar-refractivity contribution in [2.75, 3.05) is 25.6 Å². The Labute approximate surface area is 105 Å². The van der Waals surface area contributed by atoms with E-state index in [-0.39, 0.29) is 5.69 Å². The number of thiazole rings is 1. The van der Waals surface area contributed by atoms with E-state index in [4.69, 9.17) is 9.84 Å². The second kappa shape index (κ2) is 7.24. The predicted molar refractivity (Wildman–Crippen MR) is 68.0 cm³/mol. The fourth-order valence-electron chi connectivity index (χ4n) is 1.41. The zero-order chi connectivity index (χ0) is 12.7.